The zero-order valence-electron chi connectivity index (χ0n) is 14.2. The van der Waals surface area contributed by atoms with Crippen LogP contribution in [0, 0.1) is 13.8 Å². The molecule has 1 atom stereocenters. The van der Waals surface area contributed by atoms with Crippen molar-refractivity contribution in [2.75, 3.05) is 6.54 Å². The van der Waals surface area contributed by atoms with E-state index < -0.39 is 0 Å². The van der Waals surface area contributed by atoms with Gasteiger partial charge in [0, 0.05) is 18.7 Å². The predicted octanol–water partition coefficient (Wildman–Crippen LogP) is 3.11. The average Bonchev–Trinajstić information content (AvgIpc) is 3.18. The van der Waals surface area contributed by atoms with Crippen LogP contribution in [0.3, 0.4) is 0 Å². The van der Waals surface area contributed by atoms with E-state index >= 15 is 0 Å². The Morgan fingerprint density at radius 3 is 2.92 bits per heavy atom. The molecule has 3 aromatic rings. The third-order valence-corrected chi connectivity index (χ3v) is 4.59. The van der Waals surface area contributed by atoms with E-state index in [-0.39, 0.29) is 23.1 Å². The third-order valence-electron chi connectivity index (χ3n) is 4.59. The fourth-order valence-corrected chi connectivity index (χ4v) is 3.45. The molecule has 0 spiro atoms. The second-order valence-electron chi connectivity index (χ2n) is 6.57. The summed E-state index contributed by atoms with van der Waals surface area (Å²) in [6.07, 6.45) is 1.73. The van der Waals surface area contributed by atoms with Crippen molar-refractivity contribution in [2.45, 2.75) is 32.7 Å². The zero-order chi connectivity index (χ0) is 17.6. The highest BCUT2D eigenvalue weighted by molar-refractivity contribution is 5.92. The number of aryl methyl sites for hydroxylation is 2. The molecule has 1 amide bonds. The van der Waals surface area contributed by atoms with Crippen molar-refractivity contribution < 1.29 is 9.21 Å². The number of rotatable bonds is 2. The van der Waals surface area contributed by atoms with Crippen molar-refractivity contribution in [3.63, 3.8) is 0 Å². The van der Waals surface area contributed by atoms with Crippen molar-refractivity contribution in [3.8, 4) is 0 Å². The lowest BCUT2D eigenvalue weighted by Gasteiger charge is -2.22. The molecular weight excluding hydrogens is 318 g/mol. The Hall–Kier alpha value is -2.89. The van der Waals surface area contributed by atoms with Crippen molar-refractivity contribution in [1.29, 1.82) is 0 Å². The smallest absolute Gasteiger partial charge is 0.290 e. The summed E-state index contributed by atoms with van der Waals surface area (Å²) in [5.41, 5.74) is 2.80. The minimum atomic E-state index is -0.264. The van der Waals surface area contributed by atoms with E-state index in [2.05, 4.69) is 9.97 Å². The van der Waals surface area contributed by atoms with Crippen molar-refractivity contribution >= 4 is 16.9 Å². The Morgan fingerprint density at radius 2 is 2.12 bits per heavy atom. The van der Waals surface area contributed by atoms with E-state index in [0.29, 0.717) is 12.3 Å². The first-order valence-electron chi connectivity index (χ1n) is 8.40. The number of amides is 1. The van der Waals surface area contributed by atoms with Gasteiger partial charge in [-0.1, -0.05) is 6.07 Å². The van der Waals surface area contributed by atoms with E-state index in [1.165, 1.54) is 12.1 Å². The molecular formula is C19H19N3O3. The number of nitrogens with one attached hydrogen (secondary N) is 1. The molecule has 4 rings (SSSR count). The van der Waals surface area contributed by atoms with Crippen LogP contribution in [-0.2, 0) is 0 Å². The minimum absolute atomic E-state index is 0.0869. The Balaban J connectivity index is 1.69. The van der Waals surface area contributed by atoms with Crippen LogP contribution >= 0.6 is 0 Å². The summed E-state index contributed by atoms with van der Waals surface area (Å²) >= 11 is 0. The zero-order valence-corrected chi connectivity index (χ0v) is 14.2. The molecule has 0 aliphatic carbocycles. The van der Waals surface area contributed by atoms with Gasteiger partial charge in [-0.2, -0.15) is 0 Å². The van der Waals surface area contributed by atoms with Crippen LogP contribution < -0.4 is 5.43 Å². The number of benzene rings is 1. The van der Waals surface area contributed by atoms with Gasteiger partial charge in [0.2, 0.25) is 0 Å². The van der Waals surface area contributed by atoms with Gasteiger partial charge >= 0.3 is 0 Å². The summed E-state index contributed by atoms with van der Waals surface area (Å²) in [5.74, 6) is 1.04. The van der Waals surface area contributed by atoms with E-state index in [0.717, 1.165) is 35.3 Å². The van der Waals surface area contributed by atoms with Crippen LogP contribution in [0.15, 0.2) is 39.5 Å². The number of aromatic amines is 1. The molecule has 0 bridgehead atoms. The average molecular weight is 337 g/mol. The lowest BCUT2D eigenvalue weighted by molar-refractivity contribution is 0.0693. The Labute approximate surface area is 144 Å². The highest BCUT2D eigenvalue weighted by Gasteiger charge is 2.34. The van der Waals surface area contributed by atoms with Crippen LogP contribution in [0.1, 0.15) is 46.6 Å². The van der Waals surface area contributed by atoms with Gasteiger partial charge in [0.25, 0.3) is 5.91 Å². The van der Waals surface area contributed by atoms with Gasteiger partial charge in [-0.15, -0.1) is 0 Å². The van der Waals surface area contributed by atoms with Crippen LogP contribution in [0.2, 0.25) is 0 Å². The number of hydrogen-bond donors (Lipinski definition) is 1. The molecule has 6 nitrogen and oxygen atoms in total. The molecule has 2 aromatic heterocycles. The summed E-state index contributed by atoms with van der Waals surface area (Å²) < 4.78 is 5.47. The second kappa shape index (κ2) is 5.88. The maximum absolute atomic E-state index is 12.9. The largest absolute Gasteiger partial charge is 0.456 e. The van der Waals surface area contributed by atoms with Gasteiger partial charge in [-0.05, 0) is 44.4 Å². The standard InChI is InChI=1S/C19H19N3O3/c1-11-5-6-14-15(8-11)21-18(20-14)16-4-3-7-22(16)19(24)17-10-13(23)9-12(2)25-17/h5-6,8-10,16H,3-4,7H2,1-2H3,(H,20,21). The highest BCUT2D eigenvalue weighted by Crippen LogP contribution is 2.32. The topological polar surface area (TPSA) is 79.2 Å². The summed E-state index contributed by atoms with van der Waals surface area (Å²) in [7, 11) is 0. The molecule has 1 saturated heterocycles. The fourth-order valence-electron chi connectivity index (χ4n) is 3.45. The van der Waals surface area contributed by atoms with Gasteiger partial charge in [0.05, 0.1) is 17.1 Å². The molecule has 1 fully saturated rings. The van der Waals surface area contributed by atoms with Gasteiger partial charge in [-0.25, -0.2) is 4.98 Å². The number of fused-ring (bicyclic) bond motifs is 1. The molecule has 1 aliphatic rings. The summed E-state index contributed by atoms with van der Waals surface area (Å²) in [4.78, 5) is 34.3. The maximum atomic E-state index is 12.9. The Bertz CT molecular complexity index is 1020. The van der Waals surface area contributed by atoms with E-state index in [1.807, 2.05) is 25.1 Å². The molecule has 0 saturated carbocycles. The number of likely N-dealkylation sites (tertiary alicyclic amines) is 1. The molecule has 6 heteroatoms. The molecule has 128 valence electrons. The van der Waals surface area contributed by atoms with E-state index in [1.54, 1.807) is 11.8 Å². The molecule has 25 heavy (non-hydrogen) atoms. The Kier molecular flexibility index (Phi) is 3.67. The quantitative estimate of drug-likeness (QED) is 0.779. The highest BCUT2D eigenvalue weighted by atomic mass is 16.3. The van der Waals surface area contributed by atoms with Gasteiger partial charge in [0.15, 0.2) is 11.2 Å². The first-order chi connectivity index (χ1) is 12.0. The van der Waals surface area contributed by atoms with Crippen LogP contribution in [0.4, 0.5) is 0 Å². The molecule has 0 radical (unpaired) electrons. The second-order valence-corrected chi connectivity index (χ2v) is 6.57. The summed E-state index contributed by atoms with van der Waals surface area (Å²) in [6, 6.07) is 8.54. The number of hydrogen-bond acceptors (Lipinski definition) is 4. The lowest BCUT2D eigenvalue weighted by atomic mass is 10.2. The number of imidazole rings is 1. The number of carbonyl (C=O) groups is 1. The van der Waals surface area contributed by atoms with Crippen molar-refractivity contribution in [2.24, 2.45) is 0 Å². The van der Waals surface area contributed by atoms with Gasteiger partial charge < -0.3 is 14.3 Å². The fraction of sp³-hybridized carbons (Fsp3) is 0.316. The first kappa shape index (κ1) is 15.6. The van der Waals surface area contributed by atoms with Gasteiger partial charge in [-0.3, -0.25) is 9.59 Å². The van der Waals surface area contributed by atoms with Crippen LogP contribution in [-0.4, -0.2) is 27.3 Å². The van der Waals surface area contributed by atoms with Crippen LogP contribution in [0.5, 0.6) is 0 Å². The normalized spacial score (nSPS) is 17.4. The predicted molar refractivity (Wildman–Crippen MR) is 93.6 cm³/mol. The molecule has 1 N–H and O–H groups in total. The number of carbonyl (C=O) groups excluding carboxylic acids is 1. The molecule has 1 aromatic carbocycles. The van der Waals surface area contributed by atoms with Gasteiger partial charge in [0.1, 0.15) is 11.6 Å². The monoisotopic (exact) mass is 337 g/mol. The van der Waals surface area contributed by atoms with Crippen molar-refractivity contribution in [3.05, 3.63) is 63.5 Å². The van der Waals surface area contributed by atoms with E-state index in [4.69, 9.17) is 4.42 Å². The summed E-state index contributed by atoms with van der Waals surface area (Å²) in [6.45, 7) is 4.32. The maximum Gasteiger partial charge on any atom is 0.290 e. The molecule has 3 heterocycles. The van der Waals surface area contributed by atoms with Crippen LogP contribution in [0.25, 0.3) is 11.0 Å². The minimum Gasteiger partial charge on any atom is -0.456 e. The summed E-state index contributed by atoms with van der Waals surface area (Å²) in [5, 5.41) is 0. The SMILES string of the molecule is Cc1ccc2nc(C3CCCN3C(=O)c3cc(=O)cc(C)o3)[nH]c2c1. The molecule has 1 aliphatic heterocycles. The first-order valence-corrected chi connectivity index (χ1v) is 8.40. The number of nitrogens with zero attached hydrogens (tertiary/aromatic N) is 2. The Morgan fingerprint density at radius 1 is 1.28 bits per heavy atom. The lowest BCUT2D eigenvalue weighted by Crippen LogP contribution is -2.31. The number of aromatic nitrogens is 2. The van der Waals surface area contributed by atoms with Crippen molar-refractivity contribution in [1.82, 2.24) is 14.9 Å². The third kappa shape index (κ3) is 2.84. The van der Waals surface area contributed by atoms with E-state index in [9.17, 15) is 9.59 Å². The number of H-pyrrole nitrogens is 1. The molecule has 1 unspecified atom stereocenters.